The van der Waals surface area contributed by atoms with Gasteiger partial charge < -0.3 is 15.8 Å². The van der Waals surface area contributed by atoms with Crippen LogP contribution in [0.3, 0.4) is 0 Å². The van der Waals surface area contributed by atoms with Crippen LogP contribution in [0.5, 0.6) is 0 Å². The summed E-state index contributed by atoms with van der Waals surface area (Å²) in [6, 6.07) is 4.52. The fraction of sp³-hybridized carbons (Fsp3) is 0.679. The molecule has 0 unspecified atom stereocenters. The molecule has 0 radical (unpaired) electrons. The van der Waals surface area contributed by atoms with Gasteiger partial charge in [0.05, 0.1) is 19.4 Å². The Labute approximate surface area is 293 Å². The molecule has 27 heteroatoms. The number of nitrogens with two attached hydrogens (primary N) is 1. The minimum Gasteiger partial charge on any atom is -0.465 e. The summed E-state index contributed by atoms with van der Waals surface area (Å²) in [7, 11) is 0. The third-order valence-corrected chi connectivity index (χ3v) is 7.42. The van der Waals surface area contributed by atoms with E-state index in [1.54, 1.807) is 0 Å². The highest BCUT2D eigenvalue weighted by Gasteiger charge is 2.97. The Morgan fingerprint density at radius 1 is 0.527 bits per heavy atom. The molecular weight excluding hydrogens is 827 g/mol. The molecule has 1 rings (SSSR count). The first-order valence-corrected chi connectivity index (χ1v) is 14.7. The topological polar surface area (TPSA) is 98.5 Å². The van der Waals surface area contributed by atoms with E-state index >= 15 is 0 Å². The smallest absolute Gasteiger partial charge is 0.460 e. The number of benzene rings is 1. The zero-order valence-electron chi connectivity index (χ0n) is 26.8. The summed E-state index contributed by atoms with van der Waals surface area (Å²) in [5.74, 6) is -80.6. The van der Waals surface area contributed by atoms with Crippen LogP contribution in [0.1, 0.15) is 50.5 Å². The average Bonchev–Trinajstić information content (AvgIpc) is 3.02. The molecule has 0 aliphatic carbocycles. The molecule has 1 aromatic carbocycles. The molecule has 0 fully saturated rings. The van der Waals surface area contributed by atoms with Crippen LogP contribution in [-0.2, 0) is 25.5 Å². The predicted molar refractivity (Wildman–Crippen MR) is 142 cm³/mol. The molecule has 0 aliphatic heterocycles. The normalized spacial score (nSPS) is 14.5. The van der Waals surface area contributed by atoms with E-state index in [1.165, 1.54) is 12.1 Å². The summed E-state index contributed by atoms with van der Waals surface area (Å²) in [5, 5.41) is 2.43. The van der Waals surface area contributed by atoms with Gasteiger partial charge in [-0.2, -0.15) is 92.2 Å². The molecular formula is C28H25F21N2O4. The van der Waals surface area contributed by atoms with Crippen LogP contribution in [0.2, 0.25) is 0 Å². The van der Waals surface area contributed by atoms with Gasteiger partial charge in [0.1, 0.15) is 0 Å². The number of hydrogen-bond acceptors (Lipinski definition) is 4. The van der Waals surface area contributed by atoms with Gasteiger partial charge in [0.2, 0.25) is 11.8 Å². The van der Waals surface area contributed by atoms with Crippen molar-refractivity contribution in [2.75, 3.05) is 11.9 Å². The van der Waals surface area contributed by atoms with Crippen molar-refractivity contribution in [3.8, 4) is 0 Å². The molecule has 1 aromatic rings. The van der Waals surface area contributed by atoms with Crippen LogP contribution in [0.15, 0.2) is 24.3 Å². The number of esters is 1. The number of alkyl halides is 21. The lowest BCUT2D eigenvalue weighted by atomic mass is 9.86. The van der Waals surface area contributed by atoms with Gasteiger partial charge in [-0.1, -0.05) is 25.0 Å². The van der Waals surface area contributed by atoms with Crippen molar-refractivity contribution in [1.29, 1.82) is 0 Å². The van der Waals surface area contributed by atoms with Crippen LogP contribution >= 0.6 is 0 Å². The Balaban J connectivity index is 3.03. The zero-order valence-corrected chi connectivity index (χ0v) is 26.8. The Kier molecular flexibility index (Phi) is 14.6. The number of halogens is 21. The first-order chi connectivity index (χ1) is 24.4. The number of nitrogens with one attached hydrogen (secondary N) is 1. The molecule has 0 saturated heterocycles. The molecule has 3 N–H and O–H groups in total. The number of hydrogen-bond donors (Lipinski definition) is 2. The number of amides is 2. The fourth-order valence-corrected chi connectivity index (χ4v) is 4.13. The standard InChI is InChI=1S/C28H25F21N2O4/c29-19(30,11-12-55-18(54)13-14-7-9-15(10-8-14)51-17(53)6-4-2-1-3-5-16(50)52)20(31,32)21(33,34)22(35,36)23(37,38)24(39,40)25(41,42)26(43,44)27(45,46)28(47,48)49/h7-10H,1-6,11-13H2,(H2,50,52)(H,51,53). The van der Waals surface area contributed by atoms with E-state index in [2.05, 4.69) is 10.1 Å². The molecule has 2 amide bonds. The van der Waals surface area contributed by atoms with Crippen LogP contribution in [-0.4, -0.2) is 83.9 Å². The number of carbonyl (C=O) groups excluding carboxylic acids is 3. The summed E-state index contributed by atoms with van der Waals surface area (Å²) < 4.78 is 287. The highest BCUT2D eigenvalue weighted by atomic mass is 19.4. The SMILES string of the molecule is NC(=O)CCCCCCC(=O)Nc1ccc(CC(=O)OCCC(F)(F)C(F)(F)C(F)(F)C(F)(F)C(F)(F)C(F)(F)C(F)(F)C(F)(F)C(F)(F)C(F)(F)F)cc1. The van der Waals surface area contributed by atoms with Crippen LogP contribution in [0.25, 0.3) is 0 Å². The van der Waals surface area contributed by atoms with Gasteiger partial charge >= 0.3 is 65.4 Å². The molecule has 0 atom stereocenters. The second-order valence-electron chi connectivity index (χ2n) is 11.6. The predicted octanol–water partition coefficient (Wildman–Crippen LogP) is 9.21. The van der Waals surface area contributed by atoms with E-state index < -0.39 is 96.7 Å². The fourth-order valence-electron chi connectivity index (χ4n) is 4.13. The van der Waals surface area contributed by atoms with Gasteiger partial charge in [-0.3, -0.25) is 14.4 Å². The number of rotatable bonds is 21. The van der Waals surface area contributed by atoms with Crippen molar-refractivity contribution in [2.24, 2.45) is 5.73 Å². The van der Waals surface area contributed by atoms with Crippen LogP contribution < -0.4 is 11.1 Å². The minimum absolute atomic E-state index is 0.0362. The van der Waals surface area contributed by atoms with Gasteiger partial charge in [-0.25, -0.2) is 0 Å². The van der Waals surface area contributed by atoms with E-state index in [1.807, 2.05) is 0 Å². The van der Waals surface area contributed by atoms with E-state index in [4.69, 9.17) is 5.73 Å². The van der Waals surface area contributed by atoms with Crippen molar-refractivity contribution >= 4 is 23.5 Å². The van der Waals surface area contributed by atoms with E-state index in [0.717, 1.165) is 12.1 Å². The number of anilines is 1. The summed E-state index contributed by atoms with van der Waals surface area (Å²) in [5.41, 5.74) is 5.03. The maximum Gasteiger partial charge on any atom is 0.460 e. The Hall–Kier alpha value is -3.84. The maximum absolute atomic E-state index is 14.1. The Bertz CT molecular complexity index is 1490. The molecule has 55 heavy (non-hydrogen) atoms. The number of unbranched alkanes of at least 4 members (excludes halogenated alkanes) is 3. The Morgan fingerprint density at radius 3 is 1.31 bits per heavy atom. The lowest BCUT2D eigenvalue weighted by Crippen LogP contribution is -2.76. The van der Waals surface area contributed by atoms with E-state index in [0.29, 0.717) is 25.7 Å². The molecule has 0 spiro atoms. The molecule has 0 aromatic heterocycles. The summed E-state index contributed by atoms with van der Waals surface area (Å²) in [6.07, 6.45) is -9.79. The first kappa shape index (κ1) is 49.2. The van der Waals surface area contributed by atoms with E-state index in [9.17, 15) is 107 Å². The summed E-state index contributed by atoms with van der Waals surface area (Å²) in [4.78, 5) is 34.5. The van der Waals surface area contributed by atoms with Gasteiger partial charge in [0.25, 0.3) is 0 Å². The largest absolute Gasteiger partial charge is 0.465 e. The first-order valence-electron chi connectivity index (χ1n) is 14.7. The lowest BCUT2D eigenvalue weighted by molar-refractivity contribution is -0.474. The molecule has 318 valence electrons. The van der Waals surface area contributed by atoms with Crippen molar-refractivity contribution in [3.63, 3.8) is 0 Å². The van der Waals surface area contributed by atoms with Gasteiger partial charge in [0, 0.05) is 18.5 Å². The van der Waals surface area contributed by atoms with Crippen LogP contribution in [0.4, 0.5) is 97.9 Å². The average molecular weight is 852 g/mol. The quantitative estimate of drug-likeness (QED) is 0.0733. The zero-order chi connectivity index (χ0) is 43.5. The van der Waals surface area contributed by atoms with Gasteiger partial charge in [-0.15, -0.1) is 0 Å². The highest BCUT2D eigenvalue weighted by molar-refractivity contribution is 5.90. The second-order valence-corrected chi connectivity index (χ2v) is 11.6. The van der Waals surface area contributed by atoms with Crippen molar-refractivity contribution in [2.45, 2.75) is 111 Å². The monoisotopic (exact) mass is 852 g/mol. The van der Waals surface area contributed by atoms with Crippen molar-refractivity contribution < 1.29 is 111 Å². The molecule has 0 heterocycles. The van der Waals surface area contributed by atoms with Gasteiger partial charge in [0.15, 0.2) is 0 Å². The number of carbonyl (C=O) groups is 3. The number of ether oxygens (including phenoxy) is 1. The second kappa shape index (κ2) is 16.3. The molecule has 0 saturated carbocycles. The Morgan fingerprint density at radius 2 is 0.909 bits per heavy atom. The minimum atomic E-state index is -9.26. The third-order valence-electron chi connectivity index (χ3n) is 7.42. The summed E-state index contributed by atoms with van der Waals surface area (Å²) in [6.45, 7) is -2.19. The van der Waals surface area contributed by atoms with E-state index in [-0.39, 0.29) is 24.1 Å². The maximum atomic E-state index is 14.1. The number of primary amides is 1. The molecule has 0 aliphatic rings. The van der Waals surface area contributed by atoms with Crippen molar-refractivity contribution in [3.05, 3.63) is 29.8 Å². The molecule has 0 bridgehead atoms. The highest BCUT2D eigenvalue weighted by Crippen LogP contribution is 2.66. The molecule has 6 nitrogen and oxygen atoms in total. The third kappa shape index (κ3) is 9.42. The van der Waals surface area contributed by atoms with Gasteiger partial charge in [-0.05, 0) is 30.5 Å². The van der Waals surface area contributed by atoms with Crippen LogP contribution in [0, 0.1) is 0 Å². The lowest BCUT2D eigenvalue weighted by Gasteiger charge is -2.44. The summed E-state index contributed by atoms with van der Waals surface area (Å²) >= 11 is 0. The van der Waals surface area contributed by atoms with Crippen molar-refractivity contribution in [1.82, 2.24) is 0 Å².